The molecular weight excluding hydrogens is 254 g/mol. The molecule has 0 fully saturated rings. The summed E-state index contributed by atoms with van der Waals surface area (Å²) in [6, 6.07) is 8.07. The van der Waals surface area contributed by atoms with Gasteiger partial charge in [0.15, 0.2) is 0 Å². The molecule has 0 spiro atoms. The van der Waals surface area contributed by atoms with Crippen molar-refractivity contribution in [2.24, 2.45) is 0 Å². The number of hydrogen-bond acceptors (Lipinski definition) is 5. The monoisotopic (exact) mass is 273 g/mol. The van der Waals surface area contributed by atoms with Crippen LogP contribution in [0.1, 0.15) is 49.6 Å². The van der Waals surface area contributed by atoms with E-state index in [1.165, 1.54) is 0 Å². The number of rotatable bonds is 5. The summed E-state index contributed by atoms with van der Waals surface area (Å²) in [5.41, 5.74) is 1.12. The number of nitrogens with one attached hydrogen (secondary N) is 1. The van der Waals surface area contributed by atoms with Gasteiger partial charge in [-0.25, -0.2) is 0 Å². The number of aromatic nitrogens is 2. The Bertz CT molecular complexity index is 582. The zero-order chi connectivity index (χ0) is 13.9. The van der Waals surface area contributed by atoms with Crippen LogP contribution in [0.4, 0.5) is 0 Å². The van der Waals surface area contributed by atoms with Gasteiger partial charge in [0.05, 0.1) is 12.0 Å². The predicted molar refractivity (Wildman–Crippen MR) is 74.8 cm³/mol. The number of benzene rings is 1. The number of nitrogens with zero attached hydrogens (tertiary/aromatic N) is 2. The number of hydrogen-bond donors (Lipinski definition) is 1. The SMILES string of the molecule is CCCNC(C)c1nnc(C2COc3ccccc32)o1. The third-order valence-electron chi connectivity index (χ3n) is 3.53. The fourth-order valence-electron chi connectivity index (χ4n) is 2.38. The van der Waals surface area contributed by atoms with Crippen molar-refractivity contribution in [1.82, 2.24) is 15.5 Å². The second-order valence-corrected chi connectivity index (χ2v) is 5.06. The largest absolute Gasteiger partial charge is 0.492 e. The van der Waals surface area contributed by atoms with E-state index in [1.807, 2.05) is 25.1 Å². The van der Waals surface area contributed by atoms with E-state index in [-0.39, 0.29) is 12.0 Å². The van der Waals surface area contributed by atoms with E-state index in [0.29, 0.717) is 18.4 Å². The van der Waals surface area contributed by atoms with E-state index in [1.54, 1.807) is 0 Å². The minimum atomic E-state index is 0.0471. The van der Waals surface area contributed by atoms with Crippen molar-refractivity contribution < 1.29 is 9.15 Å². The van der Waals surface area contributed by atoms with Crippen molar-refractivity contribution >= 4 is 0 Å². The Morgan fingerprint density at radius 2 is 2.20 bits per heavy atom. The van der Waals surface area contributed by atoms with Crippen LogP contribution in [0.2, 0.25) is 0 Å². The smallest absolute Gasteiger partial charge is 0.233 e. The van der Waals surface area contributed by atoms with Crippen molar-refractivity contribution in [3.8, 4) is 5.75 Å². The van der Waals surface area contributed by atoms with Gasteiger partial charge < -0.3 is 14.5 Å². The summed E-state index contributed by atoms with van der Waals surface area (Å²) >= 11 is 0. The molecule has 0 bridgehead atoms. The minimum absolute atomic E-state index is 0.0471. The Morgan fingerprint density at radius 3 is 3.05 bits per heavy atom. The normalized spacial score (nSPS) is 18.6. The first kappa shape index (κ1) is 13.1. The van der Waals surface area contributed by atoms with Crippen LogP contribution in [0.15, 0.2) is 28.7 Å². The van der Waals surface area contributed by atoms with Gasteiger partial charge in [-0.2, -0.15) is 0 Å². The maximum absolute atomic E-state index is 5.82. The van der Waals surface area contributed by atoms with Gasteiger partial charge >= 0.3 is 0 Å². The van der Waals surface area contributed by atoms with Crippen molar-refractivity contribution in [1.29, 1.82) is 0 Å². The molecule has 1 aromatic heterocycles. The minimum Gasteiger partial charge on any atom is -0.492 e. The fourth-order valence-corrected chi connectivity index (χ4v) is 2.38. The molecule has 2 atom stereocenters. The molecule has 1 aliphatic heterocycles. The van der Waals surface area contributed by atoms with E-state index >= 15 is 0 Å². The molecule has 106 valence electrons. The van der Waals surface area contributed by atoms with Crippen molar-refractivity contribution in [3.63, 3.8) is 0 Å². The molecule has 0 radical (unpaired) electrons. The van der Waals surface area contributed by atoms with Gasteiger partial charge in [-0.3, -0.25) is 0 Å². The van der Waals surface area contributed by atoms with Crippen LogP contribution in [-0.2, 0) is 0 Å². The summed E-state index contributed by atoms with van der Waals surface area (Å²) in [5.74, 6) is 2.23. The maximum Gasteiger partial charge on any atom is 0.233 e. The highest BCUT2D eigenvalue weighted by Crippen LogP contribution is 2.37. The first-order valence-corrected chi connectivity index (χ1v) is 7.08. The number of fused-ring (bicyclic) bond motifs is 1. The Balaban J connectivity index is 1.78. The number of ether oxygens (including phenoxy) is 1. The van der Waals surface area contributed by atoms with E-state index in [0.717, 1.165) is 24.3 Å². The van der Waals surface area contributed by atoms with Crippen molar-refractivity contribution in [2.45, 2.75) is 32.2 Å². The summed E-state index contributed by atoms with van der Waals surface area (Å²) in [5, 5.41) is 11.7. The van der Waals surface area contributed by atoms with Gasteiger partial charge in [-0.15, -0.1) is 10.2 Å². The molecule has 20 heavy (non-hydrogen) atoms. The maximum atomic E-state index is 5.82. The van der Waals surface area contributed by atoms with Gasteiger partial charge in [-0.05, 0) is 26.0 Å². The molecule has 0 saturated heterocycles. The zero-order valence-electron chi connectivity index (χ0n) is 11.8. The quantitative estimate of drug-likeness (QED) is 0.907. The van der Waals surface area contributed by atoms with E-state index in [9.17, 15) is 0 Å². The van der Waals surface area contributed by atoms with Crippen LogP contribution in [0.3, 0.4) is 0 Å². The predicted octanol–water partition coefficient (Wildman–Crippen LogP) is 2.65. The molecule has 1 aromatic carbocycles. The summed E-state index contributed by atoms with van der Waals surface area (Å²) < 4.78 is 11.5. The molecule has 1 N–H and O–H groups in total. The molecule has 5 heteroatoms. The third-order valence-corrected chi connectivity index (χ3v) is 3.53. The van der Waals surface area contributed by atoms with Crippen LogP contribution in [-0.4, -0.2) is 23.3 Å². The third kappa shape index (κ3) is 2.41. The second-order valence-electron chi connectivity index (χ2n) is 5.06. The Morgan fingerprint density at radius 1 is 1.35 bits per heavy atom. The Labute approximate surface area is 118 Å². The van der Waals surface area contributed by atoms with Gasteiger partial charge in [0.25, 0.3) is 0 Å². The van der Waals surface area contributed by atoms with Crippen LogP contribution < -0.4 is 10.1 Å². The molecule has 2 unspecified atom stereocenters. The summed E-state index contributed by atoms with van der Waals surface area (Å²) in [6.07, 6.45) is 1.08. The summed E-state index contributed by atoms with van der Waals surface area (Å²) in [6.45, 7) is 5.67. The Kier molecular flexibility index (Phi) is 3.69. The van der Waals surface area contributed by atoms with E-state index in [2.05, 4.69) is 28.5 Å². The lowest BCUT2D eigenvalue weighted by molar-refractivity contribution is 0.315. The Hall–Kier alpha value is -1.88. The highest BCUT2D eigenvalue weighted by atomic mass is 16.5. The average Bonchev–Trinajstić information content (AvgIpc) is 3.10. The molecule has 0 amide bonds. The van der Waals surface area contributed by atoms with Crippen LogP contribution >= 0.6 is 0 Å². The van der Waals surface area contributed by atoms with Crippen molar-refractivity contribution in [3.05, 3.63) is 41.6 Å². The highest BCUT2D eigenvalue weighted by molar-refractivity contribution is 5.42. The summed E-state index contributed by atoms with van der Waals surface area (Å²) in [7, 11) is 0. The van der Waals surface area contributed by atoms with E-state index < -0.39 is 0 Å². The van der Waals surface area contributed by atoms with Gasteiger partial charge in [-0.1, -0.05) is 25.1 Å². The first-order chi connectivity index (χ1) is 9.79. The molecule has 2 aromatic rings. The molecule has 5 nitrogen and oxygen atoms in total. The topological polar surface area (TPSA) is 60.2 Å². The lowest BCUT2D eigenvalue weighted by Gasteiger charge is -2.08. The lowest BCUT2D eigenvalue weighted by Crippen LogP contribution is -2.19. The van der Waals surface area contributed by atoms with Crippen LogP contribution in [0, 0.1) is 0 Å². The van der Waals surface area contributed by atoms with Crippen molar-refractivity contribution in [2.75, 3.05) is 13.2 Å². The highest BCUT2D eigenvalue weighted by Gasteiger charge is 2.30. The van der Waals surface area contributed by atoms with E-state index in [4.69, 9.17) is 9.15 Å². The lowest BCUT2D eigenvalue weighted by atomic mass is 10.0. The fraction of sp³-hybridized carbons (Fsp3) is 0.467. The van der Waals surface area contributed by atoms with Crippen LogP contribution in [0.5, 0.6) is 5.75 Å². The molecule has 3 rings (SSSR count). The second kappa shape index (κ2) is 5.63. The molecular formula is C15H19N3O2. The van der Waals surface area contributed by atoms with Gasteiger partial charge in [0.2, 0.25) is 11.8 Å². The molecule has 0 saturated carbocycles. The first-order valence-electron chi connectivity index (χ1n) is 7.08. The molecule has 2 heterocycles. The zero-order valence-corrected chi connectivity index (χ0v) is 11.8. The molecule has 0 aliphatic carbocycles. The average molecular weight is 273 g/mol. The van der Waals surface area contributed by atoms with Crippen LogP contribution in [0.25, 0.3) is 0 Å². The standard InChI is InChI=1S/C15H19N3O2/c1-3-8-16-10(2)14-17-18-15(20-14)12-9-19-13-7-5-4-6-11(12)13/h4-7,10,12,16H,3,8-9H2,1-2H3. The van der Waals surface area contributed by atoms with Gasteiger partial charge in [0.1, 0.15) is 12.4 Å². The van der Waals surface area contributed by atoms with Gasteiger partial charge in [0, 0.05) is 5.56 Å². The summed E-state index contributed by atoms with van der Waals surface area (Å²) in [4.78, 5) is 0. The molecule has 1 aliphatic rings. The number of para-hydroxylation sites is 1.